The van der Waals surface area contributed by atoms with E-state index in [0.717, 1.165) is 24.5 Å². The van der Waals surface area contributed by atoms with E-state index in [1.165, 1.54) is 10.0 Å². The maximum atomic E-state index is 9.55. The Morgan fingerprint density at radius 3 is 1.40 bits per heavy atom. The van der Waals surface area contributed by atoms with Crippen molar-refractivity contribution in [2.24, 2.45) is 0 Å². The molecule has 2 heterocycles. The van der Waals surface area contributed by atoms with E-state index in [1.54, 1.807) is 22.7 Å². The minimum Gasteiger partial charge on any atom is -0.478 e. The first-order chi connectivity index (χ1) is 14.1. The number of aliphatic carboxylic acids is 2. The van der Waals surface area contributed by atoms with Crippen LogP contribution >= 0.6 is 22.7 Å². The minimum absolute atomic E-state index is 0.558. The van der Waals surface area contributed by atoms with Crippen molar-refractivity contribution in [3.8, 4) is 0 Å². The maximum Gasteiger partial charge on any atom is 0.328 e. The number of aromatic nitrogens is 2. The van der Waals surface area contributed by atoms with Crippen LogP contribution in [0.2, 0.25) is 0 Å². The molecule has 0 fully saturated rings. The SMILES string of the molecule is CNCc1csc(C(C)C)n1.CNCc1csc(C(C)C)n1.O=C(O)/C=C\C(=O)O. The average Bonchev–Trinajstić information content (AvgIpc) is 3.32. The smallest absolute Gasteiger partial charge is 0.328 e. The summed E-state index contributed by atoms with van der Waals surface area (Å²) in [4.78, 5) is 28.0. The molecule has 30 heavy (non-hydrogen) atoms. The van der Waals surface area contributed by atoms with Crippen LogP contribution in [0.15, 0.2) is 22.9 Å². The van der Waals surface area contributed by atoms with Crippen LogP contribution in [0.1, 0.15) is 60.9 Å². The molecule has 10 heteroatoms. The molecular weight excluding hydrogens is 424 g/mol. The number of hydrogen-bond donors (Lipinski definition) is 4. The zero-order valence-corrected chi connectivity index (χ0v) is 19.9. The molecule has 0 aliphatic rings. The van der Waals surface area contributed by atoms with Crippen molar-refractivity contribution in [2.45, 2.75) is 52.6 Å². The van der Waals surface area contributed by atoms with Gasteiger partial charge in [-0.3, -0.25) is 0 Å². The van der Waals surface area contributed by atoms with Crippen molar-refractivity contribution in [3.63, 3.8) is 0 Å². The molecule has 2 aromatic heterocycles. The van der Waals surface area contributed by atoms with Gasteiger partial charge < -0.3 is 20.8 Å². The Balaban J connectivity index is 0.000000428. The van der Waals surface area contributed by atoms with E-state index in [9.17, 15) is 9.59 Å². The van der Waals surface area contributed by atoms with Gasteiger partial charge in [0, 0.05) is 47.8 Å². The molecule has 4 N–H and O–H groups in total. The summed E-state index contributed by atoms with van der Waals surface area (Å²) < 4.78 is 0. The van der Waals surface area contributed by atoms with Crippen LogP contribution in [-0.4, -0.2) is 46.2 Å². The molecule has 0 aliphatic carbocycles. The molecule has 0 aliphatic heterocycles. The highest BCUT2D eigenvalue weighted by Crippen LogP contribution is 2.19. The van der Waals surface area contributed by atoms with Gasteiger partial charge in [-0.15, -0.1) is 22.7 Å². The third-order valence-corrected chi connectivity index (χ3v) is 5.60. The Hall–Kier alpha value is -2.14. The topological polar surface area (TPSA) is 124 Å². The second-order valence-electron chi connectivity index (χ2n) is 6.73. The van der Waals surface area contributed by atoms with E-state index in [1.807, 2.05) is 14.1 Å². The highest BCUT2D eigenvalue weighted by atomic mass is 32.1. The highest BCUT2D eigenvalue weighted by Gasteiger charge is 2.04. The third-order valence-electron chi connectivity index (χ3n) is 3.21. The summed E-state index contributed by atoms with van der Waals surface area (Å²) in [6, 6.07) is 0. The summed E-state index contributed by atoms with van der Waals surface area (Å²) >= 11 is 3.49. The first-order valence-corrected chi connectivity index (χ1v) is 11.2. The number of carboxylic acids is 2. The third kappa shape index (κ3) is 13.2. The van der Waals surface area contributed by atoms with Gasteiger partial charge in [-0.2, -0.15) is 0 Å². The van der Waals surface area contributed by atoms with E-state index in [2.05, 4.69) is 59.1 Å². The first-order valence-electron chi connectivity index (χ1n) is 9.42. The van der Waals surface area contributed by atoms with Crippen LogP contribution in [0.3, 0.4) is 0 Å². The Bertz CT molecular complexity index is 721. The average molecular weight is 457 g/mol. The van der Waals surface area contributed by atoms with E-state index < -0.39 is 11.9 Å². The lowest BCUT2D eigenvalue weighted by molar-refractivity contribution is -0.134. The molecule has 0 atom stereocenters. The molecule has 0 bridgehead atoms. The molecule has 0 spiro atoms. The van der Waals surface area contributed by atoms with Gasteiger partial charge in [0.15, 0.2) is 0 Å². The van der Waals surface area contributed by atoms with Crippen LogP contribution < -0.4 is 10.6 Å². The molecule has 0 saturated heterocycles. The Morgan fingerprint density at radius 1 is 0.867 bits per heavy atom. The van der Waals surface area contributed by atoms with Crippen LogP contribution in [0.25, 0.3) is 0 Å². The zero-order chi connectivity index (χ0) is 23.1. The summed E-state index contributed by atoms with van der Waals surface area (Å²) in [5.41, 5.74) is 2.31. The van der Waals surface area contributed by atoms with Crippen LogP contribution in [0.4, 0.5) is 0 Å². The van der Waals surface area contributed by atoms with Gasteiger partial charge in [-0.05, 0) is 14.1 Å². The molecule has 0 amide bonds. The quantitative estimate of drug-likeness (QED) is 0.443. The van der Waals surface area contributed by atoms with Gasteiger partial charge in [0.25, 0.3) is 0 Å². The molecule has 2 aromatic rings. The van der Waals surface area contributed by atoms with Gasteiger partial charge >= 0.3 is 11.9 Å². The monoisotopic (exact) mass is 456 g/mol. The van der Waals surface area contributed by atoms with Crippen molar-refractivity contribution < 1.29 is 19.8 Å². The van der Waals surface area contributed by atoms with Gasteiger partial charge in [0.1, 0.15) is 0 Å². The first kappa shape index (κ1) is 27.9. The van der Waals surface area contributed by atoms with Crippen molar-refractivity contribution in [1.29, 1.82) is 0 Å². The second kappa shape index (κ2) is 15.7. The van der Waals surface area contributed by atoms with Crippen LogP contribution in [0.5, 0.6) is 0 Å². The number of nitrogens with zero attached hydrogens (tertiary/aromatic N) is 2. The van der Waals surface area contributed by atoms with Gasteiger partial charge in [-0.25, -0.2) is 19.6 Å². The molecular formula is C20H32N4O4S2. The fourth-order valence-electron chi connectivity index (χ4n) is 1.84. The predicted octanol–water partition coefficient (Wildman–Crippen LogP) is 3.68. The standard InChI is InChI=1S/2C8H14N2S.C4H4O4/c2*1-6(2)8-10-7(4-9-3)5-11-8;5-3(6)1-2-4(7)8/h2*5-6,9H,4H2,1-3H3;1-2H,(H,5,6)(H,7,8)/b;;2-1-. The van der Waals surface area contributed by atoms with Gasteiger partial charge in [0.2, 0.25) is 0 Å². The van der Waals surface area contributed by atoms with E-state index in [-0.39, 0.29) is 0 Å². The fraction of sp³-hybridized carbons (Fsp3) is 0.500. The van der Waals surface area contributed by atoms with E-state index >= 15 is 0 Å². The number of nitrogens with one attached hydrogen (secondary N) is 2. The molecule has 0 saturated carbocycles. The highest BCUT2D eigenvalue weighted by molar-refractivity contribution is 7.10. The van der Waals surface area contributed by atoms with Gasteiger partial charge in [0.05, 0.1) is 21.4 Å². The van der Waals surface area contributed by atoms with Crippen molar-refractivity contribution in [2.75, 3.05) is 14.1 Å². The lowest BCUT2D eigenvalue weighted by atomic mass is 10.2. The summed E-state index contributed by atoms with van der Waals surface area (Å²) in [7, 11) is 3.88. The summed E-state index contributed by atoms with van der Waals surface area (Å²) in [6.45, 7) is 10.4. The molecule has 0 radical (unpaired) electrons. The Kier molecular flexibility index (Phi) is 14.5. The molecule has 168 valence electrons. The number of carboxylic acid groups (broad SMARTS) is 2. The summed E-state index contributed by atoms with van der Waals surface area (Å²) in [5, 5.41) is 28.5. The van der Waals surface area contributed by atoms with Crippen molar-refractivity contribution >= 4 is 34.6 Å². The molecule has 0 aromatic carbocycles. The van der Waals surface area contributed by atoms with Gasteiger partial charge in [-0.1, -0.05) is 27.7 Å². The van der Waals surface area contributed by atoms with E-state index in [0.29, 0.717) is 24.0 Å². The largest absolute Gasteiger partial charge is 0.478 e. The Morgan fingerprint density at radius 2 is 1.20 bits per heavy atom. The second-order valence-corrected chi connectivity index (χ2v) is 8.51. The fourth-order valence-corrected chi connectivity index (χ4v) is 3.51. The lowest BCUT2D eigenvalue weighted by Gasteiger charge is -1.96. The lowest BCUT2D eigenvalue weighted by Crippen LogP contribution is -2.05. The number of hydrogen-bond acceptors (Lipinski definition) is 8. The predicted molar refractivity (Wildman–Crippen MR) is 122 cm³/mol. The maximum absolute atomic E-state index is 9.55. The normalized spacial score (nSPS) is 10.5. The van der Waals surface area contributed by atoms with Crippen LogP contribution in [-0.2, 0) is 22.7 Å². The molecule has 8 nitrogen and oxygen atoms in total. The van der Waals surface area contributed by atoms with Crippen LogP contribution in [0, 0.1) is 0 Å². The molecule has 0 unspecified atom stereocenters. The zero-order valence-electron chi connectivity index (χ0n) is 18.3. The summed E-state index contributed by atoms with van der Waals surface area (Å²) in [6.07, 6.45) is 1.12. The number of carbonyl (C=O) groups is 2. The minimum atomic E-state index is -1.26. The Labute approximate surface area is 186 Å². The van der Waals surface area contributed by atoms with Crippen molar-refractivity contribution in [3.05, 3.63) is 44.3 Å². The van der Waals surface area contributed by atoms with Crippen molar-refractivity contribution in [1.82, 2.24) is 20.6 Å². The van der Waals surface area contributed by atoms with E-state index in [4.69, 9.17) is 10.2 Å². The summed E-state index contributed by atoms with van der Waals surface area (Å²) in [5.74, 6) is -1.39. The number of thiazole rings is 2. The number of rotatable bonds is 8. The molecule has 2 rings (SSSR count).